The molecule has 254 valence electrons. The molecule has 2 rings (SSSR count). The lowest BCUT2D eigenvalue weighted by Gasteiger charge is -2.36. The van der Waals surface area contributed by atoms with Crippen molar-refractivity contribution in [3.63, 3.8) is 0 Å². The fourth-order valence-electron chi connectivity index (χ4n) is 4.97. The van der Waals surface area contributed by atoms with Gasteiger partial charge in [0.05, 0.1) is 6.61 Å². The fraction of sp³-hybridized carbons (Fsp3) is 0.543. The van der Waals surface area contributed by atoms with Gasteiger partial charge < -0.3 is 30.1 Å². The summed E-state index contributed by atoms with van der Waals surface area (Å²) >= 11 is 1.50. The molecule has 3 amide bonds. The predicted molar refractivity (Wildman–Crippen MR) is 182 cm³/mol. The number of aliphatic hydroxyl groups excluding tert-OH is 1. The van der Waals surface area contributed by atoms with Gasteiger partial charge in [-0.2, -0.15) is 11.8 Å². The van der Waals surface area contributed by atoms with Gasteiger partial charge in [-0.1, -0.05) is 48.5 Å². The maximum atomic E-state index is 14.5. The maximum Gasteiger partial charge on any atom is 0.408 e. The summed E-state index contributed by atoms with van der Waals surface area (Å²) in [6.07, 6.45) is 1.54. The monoisotopic (exact) mass is 657 g/mol. The maximum absolute atomic E-state index is 14.5. The highest BCUT2D eigenvalue weighted by atomic mass is 32.2. The summed E-state index contributed by atoms with van der Waals surface area (Å²) in [6.45, 7) is 13.4. The number of thioether (sulfide) groups is 1. The number of carbonyl (C=O) groups is 4. The van der Waals surface area contributed by atoms with Gasteiger partial charge in [0.1, 0.15) is 29.3 Å². The normalized spacial score (nSPS) is 13.6. The summed E-state index contributed by atoms with van der Waals surface area (Å²) in [4.78, 5) is 56.4. The zero-order valence-corrected chi connectivity index (χ0v) is 29.5. The lowest BCUT2D eigenvalue weighted by Crippen LogP contribution is -2.56. The molecule has 0 aliphatic rings. The molecule has 3 unspecified atom stereocenters. The number of hydrogen-bond donors (Lipinski definition) is 3. The second-order valence-corrected chi connectivity index (χ2v) is 14.2. The van der Waals surface area contributed by atoms with Crippen LogP contribution >= 0.6 is 11.8 Å². The van der Waals surface area contributed by atoms with E-state index in [-0.39, 0.29) is 19.4 Å². The van der Waals surface area contributed by atoms with Gasteiger partial charge in [-0.3, -0.25) is 9.59 Å². The topological polar surface area (TPSA) is 134 Å². The van der Waals surface area contributed by atoms with Crippen molar-refractivity contribution in [2.45, 2.75) is 97.6 Å². The Kier molecular flexibility index (Phi) is 14.6. The molecule has 3 atom stereocenters. The van der Waals surface area contributed by atoms with Crippen molar-refractivity contribution in [2.75, 3.05) is 25.2 Å². The van der Waals surface area contributed by atoms with Gasteiger partial charge in [-0.05, 0) is 96.1 Å². The summed E-state index contributed by atoms with van der Waals surface area (Å²) in [6, 6.07) is 11.4. The molecule has 3 N–H and O–H groups in total. The van der Waals surface area contributed by atoms with Crippen molar-refractivity contribution in [3.8, 4) is 0 Å². The Hall–Kier alpha value is -3.57. The van der Waals surface area contributed by atoms with Crippen LogP contribution in [0.15, 0.2) is 48.5 Å². The lowest BCUT2D eigenvalue weighted by atomic mass is 9.93. The Morgan fingerprint density at radius 2 is 1.43 bits per heavy atom. The Balaban J connectivity index is 2.63. The number of hydrogen-bond acceptors (Lipinski definition) is 8. The third kappa shape index (κ3) is 12.3. The number of nitrogens with zero attached hydrogens (tertiary/aromatic N) is 1. The Bertz CT molecular complexity index is 1300. The van der Waals surface area contributed by atoms with Gasteiger partial charge in [-0.25, -0.2) is 9.59 Å². The molecule has 0 fully saturated rings. The van der Waals surface area contributed by atoms with Crippen LogP contribution in [-0.2, 0) is 30.3 Å². The molecule has 0 saturated heterocycles. The minimum absolute atomic E-state index is 0.158. The number of aliphatic hydroxyl groups is 1. The quantitative estimate of drug-likeness (QED) is 0.245. The minimum Gasteiger partial charge on any atom is -0.458 e. The smallest absolute Gasteiger partial charge is 0.408 e. The number of amides is 3. The molecule has 0 radical (unpaired) electrons. The van der Waals surface area contributed by atoms with E-state index in [0.29, 0.717) is 11.3 Å². The van der Waals surface area contributed by atoms with E-state index >= 15 is 0 Å². The van der Waals surface area contributed by atoms with Crippen molar-refractivity contribution in [3.05, 3.63) is 70.8 Å². The molecular formula is C35H51N3O7S. The van der Waals surface area contributed by atoms with Crippen molar-refractivity contribution in [1.29, 1.82) is 0 Å². The van der Waals surface area contributed by atoms with Gasteiger partial charge >= 0.3 is 12.1 Å². The van der Waals surface area contributed by atoms with Gasteiger partial charge in [0.25, 0.3) is 0 Å². The number of aryl methyl sites for hydroxylation is 2. The number of esters is 1. The summed E-state index contributed by atoms with van der Waals surface area (Å²) in [5.41, 5.74) is 1.26. The number of carbonyl (C=O) groups excluding carboxylic acids is 4. The standard InChI is InChI=1S/C35H51N3O7S/c1-23-14-13-15-24(2)28(23)29(30(40)36-27(32(42)44-34(3,4)5)22-25-16-11-10-12-17-25)38(19-20-39)31(41)26(18-21-46-9)37-33(43)45-35(6,7)8/h10-17,26-27,29,39H,18-22H2,1-9H3,(H,36,40)(H,37,43). The molecule has 0 aliphatic heterocycles. The first-order chi connectivity index (χ1) is 21.5. The van der Waals surface area contributed by atoms with Crippen molar-refractivity contribution in [1.82, 2.24) is 15.5 Å². The highest BCUT2D eigenvalue weighted by molar-refractivity contribution is 7.98. The second-order valence-electron chi connectivity index (χ2n) is 13.2. The molecule has 0 saturated carbocycles. The molecule has 11 heteroatoms. The van der Waals surface area contributed by atoms with Gasteiger partial charge in [0.15, 0.2) is 0 Å². The van der Waals surface area contributed by atoms with Crippen LogP contribution in [0, 0.1) is 13.8 Å². The summed E-state index contributed by atoms with van der Waals surface area (Å²) < 4.78 is 11.1. The van der Waals surface area contributed by atoms with E-state index in [1.54, 1.807) is 41.5 Å². The first kappa shape index (κ1) is 38.6. The fourth-order valence-corrected chi connectivity index (χ4v) is 5.44. The molecular weight excluding hydrogens is 606 g/mol. The van der Waals surface area contributed by atoms with E-state index in [9.17, 15) is 24.3 Å². The third-order valence-electron chi connectivity index (χ3n) is 6.89. The van der Waals surface area contributed by atoms with E-state index in [1.165, 1.54) is 16.7 Å². The van der Waals surface area contributed by atoms with E-state index in [4.69, 9.17) is 9.47 Å². The molecule has 0 aliphatic carbocycles. The van der Waals surface area contributed by atoms with Crippen LogP contribution < -0.4 is 10.6 Å². The Labute approximate surface area is 278 Å². The zero-order chi connectivity index (χ0) is 34.7. The number of nitrogens with one attached hydrogen (secondary N) is 2. The molecule has 0 bridgehead atoms. The van der Waals surface area contributed by atoms with Crippen LogP contribution in [0.5, 0.6) is 0 Å². The van der Waals surface area contributed by atoms with Crippen molar-refractivity contribution in [2.24, 2.45) is 0 Å². The number of alkyl carbamates (subject to hydrolysis) is 1. The minimum atomic E-state index is -1.24. The Morgan fingerprint density at radius 3 is 1.96 bits per heavy atom. The van der Waals surface area contributed by atoms with Crippen LogP contribution in [0.1, 0.15) is 76.3 Å². The number of benzene rings is 2. The molecule has 46 heavy (non-hydrogen) atoms. The highest BCUT2D eigenvalue weighted by Crippen LogP contribution is 2.29. The van der Waals surface area contributed by atoms with Crippen LogP contribution in [0.25, 0.3) is 0 Å². The predicted octanol–water partition coefficient (Wildman–Crippen LogP) is 4.88. The van der Waals surface area contributed by atoms with E-state index in [0.717, 1.165) is 16.7 Å². The van der Waals surface area contributed by atoms with Crippen LogP contribution in [0.3, 0.4) is 0 Å². The lowest BCUT2D eigenvalue weighted by molar-refractivity contribution is -0.159. The van der Waals surface area contributed by atoms with Crippen LogP contribution in [0.4, 0.5) is 4.79 Å². The second kappa shape index (κ2) is 17.4. The SMILES string of the molecule is CSCCC(NC(=O)OC(C)(C)C)C(=O)N(CCO)C(C(=O)NC(Cc1ccccc1)C(=O)OC(C)(C)C)c1c(C)cccc1C. The average molecular weight is 658 g/mol. The summed E-state index contributed by atoms with van der Waals surface area (Å²) in [7, 11) is 0. The Morgan fingerprint density at radius 1 is 0.848 bits per heavy atom. The molecule has 0 spiro atoms. The number of rotatable bonds is 14. The molecule has 0 heterocycles. The molecule has 0 aromatic heterocycles. The van der Waals surface area contributed by atoms with Crippen molar-refractivity contribution >= 4 is 35.6 Å². The number of ether oxygens (including phenoxy) is 2. The van der Waals surface area contributed by atoms with E-state index in [1.807, 2.05) is 68.6 Å². The zero-order valence-electron chi connectivity index (χ0n) is 28.6. The van der Waals surface area contributed by atoms with Gasteiger partial charge in [0.2, 0.25) is 11.8 Å². The van der Waals surface area contributed by atoms with Gasteiger partial charge in [-0.15, -0.1) is 0 Å². The first-order valence-corrected chi connectivity index (χ1v) is 16.9. The van der Waals surface area contributed by atoms with Crippen LogP contribution in [-0.4, -0.2) is 82.3 Å². The largest absolute Gasteiger partial charge is 0.458 e. The van der Waals surface area contributed by atoms with Crippen molar-refractivity contribution < 1.29 is 33.8 Å². The van der Waals surface area contributed by atoms with E-state index in [2.05, 4.69) is 10.6 Å². The molecule has 2 aromatic rings. The summed E-state index contributed by atoms with van der Waals surface area (Å²) in [5, 5.41) is 15.7. The molecule has 2 aromatic carbocycles. The molecule has 10 nitrogen and oxygen atoms in total. The highest BCUT2D eigenvalue weighted by Gasteiger charge is 2.39. The van der Waals surface area contributed by atoms with Crippen LogP contribution in [0.2, 0.25) is 0 Å². The average Bonchev–Trinajstić information content (AvgIpc) is 2.94. The first-order valence-electron chi connectivity index (χ1n) is 15.5. The van der Waals surface area contributed by atoms with E-state index < -0.39 is 59.8 Å². The summed E-state index contributed by atoms with van der Waals surface area (Å²) in [5.74, 6) is -1.26. The third-order valence-corrected chi connectivity index (χ3v) is 7.53. The van der Waals surface area contributed by atoms with Gasteiger partial charge in [0, 0.05) is 13.0 Å².